The van der Waals surface area contributed by atoms with Crippen molar-refractivity contribution >= 4 is 34.1 Å². The Bertz CT molecular complexity index is 1070. The minimum atomic E-state index is 0.753. The van der Waals surface area contributed by atoms with Crippen LogP contribution >= 0.6 is 0 Å². The second-order valence-corrected chi connectivity index (χ2v) is 6.13. The second-order valence-electron chi connectivity index (χ2n) is 6.13. The number of aliphatic imine (C=N–C) groups is 1. The van der Waals surface area contributed by atoms with Crippen molar-refractivity contribution in [3.8, 4) is 0 Å². The predicted molar refractivity (Wildman–Crippen MR) is 100 cm³/mol. The van der Waals surface area contributed by atoms with E-state index in [1.807, 2.05) is 24.5 Å². The average molecular weight is 316 g/mol. The van der Waals surface area contributed by atoms with Crippen molar-refractivity contribution in [3.05, 3.63) is 59.3 Å². The molecule has 0 saturated carbocycles. The first kappa shape index (κ1) is 14.7. The van der Waals surface area contributed by atoms with Gasteiger partial charge in [-0.1, -0.05) is 18.2 Å². The van der Waals surface area contributed by atoms with Gasteiger partial charge < -0.3 is 9.55 Å². The third-order valence-corrected chi connectivity index (χ3v) is 4.60. The molecule has 0 amide bonds. The molecule has 0 saturated heterocycles. The molecular formula is C20H20N4. The molecule has 0 atom stereocenters. The van der Waals surface area contributed by atoms with Crippen molar-refractivity contribution in [3.63, 3.8) is 0 Å². The summed E-state index contributed by atoms with van der Waals surface area (Å²) in [6.07, 6.45) is 3.88. The largest absolute Gasteiger partial charge is 0.361 e. The summed E-state index contributed by atoms with van der Waals surface area (Å²) in [5, 5.41) is 1.17. The maximum Gasteiger partial charge on any atom is 0.230 e. The molecule has 0 spiro atoms. The minimum Gasteiger partial charge on any atom is -0.361 e. The van der Waals surface area contributed by atoms with Gasteiger partial charge in [0.05, 0.1) is 11.0 Å². The summed E-state index contributed by atoms with van der Waals surface area (Å²) in [4.78, 5) is 12.7. The van der Waals surface area contributed by atoms with E-state index in [9.17, 15) is 0 Å². The smallest absolute Gasteiger partial charge is 0.230 e. The zero-order valence-corrected chi connectivity index (χ0v) is 14.2. The number of hydrogen-bond acceptors (Lipinski definition) is 2. The van der Waals surface area contributed by atoms with Crippen LogP contribution in [-0.4, -0.2) is 20.7 Å². The first-order valence-corrected chi connectivity index (χ1v) is 8.25. The summed E-state index contributed by atoms with van der Waals surface area (Å²) in [6, 6.07) is 12.6. The van der Waals surface area contributed by atoms with E-state index in [4.69, 9.17) is 4.98 Å². The highest BCUT2D eigenvalue weighted by atomic mass is 15.2. The Labute approximate surface area is 140 Å². The Morgan fingerprint density at radius 2 is 1.96 bits per heavy atom. The van der Waals surface area contributed by atoms with Crippen molar-refractivity contribution in [2.45, 2.75) is 27.3 Å². The van der Waals surface area contributed by atoms with Gasteiger partial charge in [-0.3, -0.25) is 0 Å². The maximum absolute atomic E-state index is 4.72. The highest BCUT2D eigenvalue weighted by molar-refractivity contribution is 5.99. The van der Waals surface area contributed by atoms with Crippen LogP contribution in [0.4, 0.5) is 5.95 Å². The van der Waals surface area contributed by atoms with Crippen molar-refractivity contribution in [2.75, 3.05) is 0 Å². The molecule has 24 heavy (non-hydrogen) atoms. The molecule has 0 unspecified atom stereocenters. The van der Waals surface area contributed by atoms with Gasteiger partial charge in [-0.05, 0) is 50.1 Å². The Balaban J connectivity index is 1.81. The van der Waals surface area contributed by atoms with Crippen LogP contribution in [0, 0.1) is 13.8 Å². The number of hydrogen-bond donors (Lipinski definition) is 1. The van der Waals surface area contributed by atoms with Crippen LogP contribution in [-0.2, 0) is 6.54 Å². The lowest BCUT2D eigenvalue weighted by molar-refractivity contribution is 0.790. The van der Waals surface area contributed by atoms with Gasteiger partial charge in [0, 0.05) is 35.4 Å². The number of H-pyrrole nitrogens is 1. The number of nitrogens with zero attached hydrogens (tertiary/aromatic N) is 3. The van der Waals surface area contributed by atoms with E-state index < -0.39 is 0 Å². The molecule has 4 aromatic rings. The van der Waals surface area contributed by atoms with E-state index in [0.29, 0.717) is 0 Å². The first-order chi connectivity index (χ1) is 11.7. The van der Waals surface area contributed by atoms with Crippen LogP contribution in [0.5, 0.6) is 0 Å². The summed E-state index contributed by atoms with van der Waals surface area (Å²) >= 11 is 0. The van der Waals surface area contributed by atoms with Crippen LogP contribution in [0.25, 0.3) is 21.9 Å². The Kier molecular flexibility index (Phi) is 3.45. The molecule has 0 radical (unpaired) electrons. The van der Waals surface area contributed by atoms with Gasteiger partial charge in [-0.25, -0.2) is 9.98 Å². The van der Waals surface area contributed by atoms with Crippen LogP contribution < -0.4 is 0 Å². The summed E-state index contributed by atoms with van der Waals surface area (Å²) < 4.78 is 2.16. The lowest BCUT2D eigenvalue weighted by Gasteiger charge is -2.04. The van der Waals surface area contributed by atoms with Gasteiger partial charge in [-0.15, -0.1) is 0 Å². The van der Waals surface area contributed by atoms with Crippen molar-refractivity contribution in [1.82, 2.24) is 14.5 Å². The number of imidazole rings is 1. The lowest BCUT2D eigenvalue weighted by atomic mass is 10.1. The predicted octanol–water partition coefficient (Wildman–Crippen LogP) is 4.90. The van der Waals surface area contributed by atoms with Crippen LogP contribution in [0.1, 0.15) is 23.6 Å². The lowest BCUT2D eigenvalue weighted by Crippen LogP contribution is -1.94. The molecular weight excluding hydrogens is 296 g/mol. The molecule has 0 aliphatic rings. The number of aryl methyl sites for hydroxylation is 3. The molecule has 2 aromatic carbocycles. The fourth-order valence-electron chi connectivity index (χ4n) is 3.11. The van der Waals surface area contributed by atoms with Crippen LogP contribution in [0.2, 0.25) is 0 Å². The van der Waals surface area contributed by atoms with E-state index in [-0.39, 0.29) is 0 Å². The number of aromatic amines is 1. The number of rotatable bonds is 3. The maximum atomic E-state index is 4.72. The molecule has 4 nitrogen and oxygen atoms in total. The van der Waals surface area contributed by atoms with Gasteiger partial charge >= 0.3 is 0 Å². The fraction of sp³-hybridized carbons (Fsp3) is 0.200. The molecule has 1 N–H and O–H groups in total. The number of aromatic nitrogens is 3. The second kappa shape index (κ2) is 5.64. The van der Waals surface area contributed by atoms with E-state index in [0.717, 1.165) is 34.6 Å². The quantitative estimate of drug-likeness (QED) is 0.537. The van der Waals surface area contributed by atoms with E-state index >= 15 is 0 Å². The minimum absolute atomic E-state index is 0.753. The van der Waals surface area contributed by atoms with Crippen molar-refractivity contribution < 1.29 is 0 Å². The van der Waals surface area contributed by atoms with Crippen LogP contribution in [0.15, 0.2) is 47.6 Å². The van der Waals surface area contributed by atoms with E-state index in [1.165, 1.54) is 16.5 Å². The molecule has 0 aliphatic heterocycles. The summed E-state index contributed by atoms with van der Waals surface area (Å²) in [5.41, 5.74) is 6.89. The van der Waals surface area contributed by atoms with Gasteiger partial charge in [0.2, 0.25) is 5.95 Å². The number of nitrogens with one attached hydrogen (secondary N) is 1. The normalized spacial score (nSPS) is 12.0. The number of para-hydroxylation sites is 1. The van der Waals surface area contributed by atoms with Crippen molar-refractivity contribution in [2.24, 2.45) is 4.99 Å². The standard InChI is InChI=1S/C20H20N4/c1-4-24-19-10-14(3)13(2)9-18(19)23-20(24)22-12-15-11-21-17-8-6-5-7-16(15)17/h5-12,21H,4H2,1-3H3/b22-12+. The molecule has 4 rings (SSSR count). The third kappa shape index (κ3) is 2.31. The zero-order valence-electron chi connectivity index (χ0n) is 14.2. The molecule has 2 heterocycles. The van der Waals surface area contributed by atoms with Gasteiger partial charge in [0.15, 0.2) is 0 Å². The van der Waals surface area contributed by atoms with Crippen molar-refractivity contribution in [1.29, 1.82) is 0 Å². The molecule has 0 aliphatic carbocycles. The first-order valence-electron chi connectivity index (χ1n) is 8.25. The zero-order chi connectivity index (χ0) is 16.7. The SMILES string of the molecule is CCn1c(/N=C/c2c[nH]c3ccccc23)nc2cc(C)c(C)cc21. The molecule has 2 aromatic heterocycles. The third-order valence-electron chi connectivity index (χ3n) is 4.60. The Morgan fingerprint density at radius 3 is 2.79 bits per heavy atom. The summed E-state index contributed by atoms with van der Waals surface area (Å²) in [6.45, 7) is 7.23. The summed E-state index contributed by atoms with van der Waals surface area (Å²) in [5.74, 6) is 0.753. The molecule has 4 heteroatoms. The van der Waals surface area contributed by atoms with E-state index in [2.05, 4.69) is 59.6 Å². The fourth-order valence-corrected chi connectivity index (χ4v) is 3.11. The summed E-state index contributed by atoms with van der Waals surface area (Å²) in [7, 11) is 0. The highest BCUT2D eigenvalue weighted by Crippen LogP contribution is 2.25. The van der Waals surface area contributed by atoms with E-state index in [1.54, 1.807) is 0 Å². The van der Waals surface area contributed by atoms with Gasteiger partial charge in [0.1, 0.15) is 0 Å². The van der Waals surface area contributed by atoms with Gasteiger partial charge in [-0.2, -0.15) is 0 Å². The molecule has 0 bridgehead atoms. The Hall–Kier alpha value is -2.88. The van der Waals surface area contributed by atoms with Crippen LogP contribution in [0.3, 0.4) is 0 Å². The average Bonchev–Trinajstić information content (AvgIpc) is 3.14. The topological polar surface area (TPSA) is 46.0 Å². The number of fused-ring (bicyclic) bond motifs is 2. The Morgan fingerprint density at radius 1 is 1.17 bits per heavy atom. The van der Waals surface area contributed by atoms with Gasteiger partial charge in [0.25, 0.3) is 0 Å². The number of benzene rings is 2. The molecule has 120 valence electrons. The highest BCUT2D eigenvalue weighted by Gasteiger charge is 2.10. The monoisotopic (exact) mass is 316 g/mol. The molecule has 0 fully saturated rings.